The van der Waals surface area contributed by atoms with E-state index >= 15 is 0 Å². The predicted molar refractivity (Wildman–Crippen MR) is 116 cm³/mol. The van der Waals surface area contributed by atoms with Crippen LogP contribution in [0.2, 0.25) is 0 Å². The first-order valence-corrected chi connectivity index (χ1v) is 10.7. The Hall–Kier alpha value is -0.170. The Morgan fingerprint density at radius 2 is 1.92 bits per heavy atom. The standard InChI is InChI=1S/C16H34N4O4S.HI/c1-16(2,20-25(4,21)22)13-19-15(17-3)18-8-5-9-24-12-14-6-10-23-11-7-14;/h14,20H,5-13H2,1-4H3,(H2,17,18,19);1H. The third-order valence-electron chi connectivity index (χ3n) is 3.84. The Morgan fingerprint density at radius 1 is 1.27 bits per heavy atom. The maximum atomic E-state index is 11.3. The summed E-state index contributed by atoms with van der Waals surface area (Å²) >= 11 is 0. The number of ether oxygens (including phenoxy) is 2. The van der Waals surface area contributed by atoms with Crippen molar-refractivity contribution in [2.75, 3.05) is 52.8 Å². The lowest BCUT2D eigenvalue weighted by molar-refractivity contribution is 0.0203. The molecule has 1 aliphatic heterocycles. The summed E-state index contributed by atoms with van der Waals surface area (Å²) in [6, 6.07) is 0. The van der Waals surface area contributed by atoms with Gasteiger partial charge in [0.15, 0.2) is 5.96 Å². The van der Waals surface area contributed by atoms with Gasteiger partial charge in [0.05, 0.1) is 6.26 Å². The van der Waals surface area contributed by atoms with Gasteiger partial charge < -0.3 is 20.1 Å². The number of aliphatic imine (C=N–C) groups is 1. The Bertz CT molecular complexity index is 508. The van der Waals surface area contributed by atoms with Gasteiger partial charge in [0.2, 0.25) is 10.0 Å². The molecule has 1 rings (SSSR count). The summed E-state index contributed by atoms with van der Waals surface area (Å²) in [4.78, 5) is 4.14. The van der Waals surface area contributed by atoms with E-state index in [1.807, 2.05) is 13.8 Å². The Kier molecular flexibility index (Phi) is 13.0. The summed E-state index contributed by atoms with van der Waals surface area (Å²) in [5, 5.41) is 6.34. The number of nitrogens with zero attached hydrogens (tertiary/aromatic N) is 1. The lowest BCUT2D eigenvalue weighted by Gasteiger charge is -2.26. The van der Waals surface area contributed by atoms with Crippen LogP contribution >= 0.6 is 24.0 Å². The molecule has 0 unspecified atom stereocenters. The third-order valence-corrected chi connectivity index (χ3v) is 4.76. The lowest BCUT2D eigenvalue weighted by atomic mass is 10.0. The van der Waals surface area contributed by atoms with E-state index in [1.165, 1.54) is 0 Å². The molecule has 0 aromatic heterocycles. The van der Waals surface area contributed by atoms with Crippen molar-refractivity contribution in [1.82, 2.24) is 15.4 Å². The topological polar surface area (TPSA) is 101 Å². The second-order valence-electron chi connectivity index (χ2n) is 7.09. The first kappa shape index (κ1) is 25.8. The number of hydrogen-bond acceptors (Lipinski definition) is 5. The lowest BCUT2D eigenvalue weighted by Crippen LogP contribution is -2.53. The minimum Gasteiger partial charge on any atom is -0.381 e. The molecule has 156 valence electrons. The Balaban J connectivity index is 0.00000625. The molecule has 1 fully saturated rings. The Morgan fingerprint density at radius 3 is 2.50 bits per heavy atom. The van der Waals surface area contributed by atoms with Gasteiger partial charge in [-0.1, -0.05) is 0 Å². The van der Waals surface area contributed by atoms with Crippen molar-refractivity contribution in [3.05, 3.63) is 0 Å². The molecule has 0 aliphatic carbocycles. The average Bonchev–Trinajstić information content (AvgIpc) is 2.52. The fourth-order valence-corrected chi connectivity index (χ4v) is 3.68. The molecular formula is C16H35IN4O4S. The van der Waals surface area contributed by atoms with Gasteiger partial charge in [0, 0.05) is 52.1 Å². The highest BCUT2D eigenvalue weighted by Gasteiger charge is 2.22. The summed E-state index contributed by atoms with van der Waals surface area (Å²) in [5.41, 5.74) is -0.599. The van der Waals surface area contributed by atoms with E-state index < -0.39 is 15.6 Å². The maximum Gasteiger partial charge on any atom is 0.209 e. The minimum absolute atomic E-state index is 0. The molecule has 0 bridgehead atoms. The van der Waals surface area contributed by atoms with Gasteiger partial charge in [-0.25, -0.2) is 13.1 Å². The van der Waals surface area contributed by atoms with E-state index in [2.05, 4.69) is 20.3 Å². The minimum atomic E-state index is -3.25. The molecular weight excluding hydrogens is 471 g/mol. The van der Waals surface area contributed by atoms with Crippen LogP contribution < -0.4 is 15.4 Å². The smallest absolute Gasteiger partial charge is 0.209 e. The molecule has 1 saturated heterocycles. The molecule has 0 spiro atoms. The van der Waals surface area contributed by atoms with E-state index in [0.717, 1.165) is 51.9 Å². The van der Waals surface area contributed by atoms with E-state index in [4.69, 9.17) is 9.47 Å². The van der Waals surface area contributed by atoms with E-state index in [1.54, 1.807) is 7.05 Å². The van der Waals surface area contributed by atoms with Crippen LogP contribution in [0.1, 0.15) is 33.1 Å². The van der Waals surface area contributed by atoms with Gasteiger partial charge in [0.1, 0.15) is 0 Å². The second kappa shape index (κ2) is 13.1. The highest BCUT2D eigenvalue weighted by molar-refractivity contribution is 14.0. The molecule has 0 saturated carbocycles. The fraction of sp³-hybridized carbons (Fsp3) is 0.938. The normalized spacial score (nSPS) is 16.8. The zero-order chi connectivity index (χ0) is 18.8. The van der Waals surface area contributed by atoms with Crippen molar-refractivity contribution < 1.29 is 17.9 Å². The molecule has 10 heteroatoms. The number of sulfonamides is 1. The molecule has 0 amide bonds. The van der Waals surface area contributed by atoms with Gasteiger partial charge in [0.25, 0.3) is 0 Å². The molecule has 8 nitrogen and oxygen atoms in total. The predicted octanol–water partition coefficient (Wildman–Crippen LogP) is 0.931. The summed E-state index contributed by atoms with van der Waals surface area (Å²) in [6.45, 7) is 8.03. The van der Waals surface area contributed by atoms with E-state index in [9.17, 15) is 8.42 Å². The fourth-order valence-electron chi connectivity index (χ4n) is 2.61. The Labute approximate surface area is 175 Å². The van der Waals surface area contributed by atoms with Crippen molar-refractivity contribution in [2.24, 2.45) is 10.9 Å². The number of nitrogens with one attached hydrogen (secondary N) is 3. The highest BCUT2D eigenvalue weighted by Crippen LogP contribution is 2.14. The van der Waals surface area contributed by atoms with E-state index in [-0.39, 0.29) is 24.0 Å². The SMILES string of the molecule is CN=C(NCCCOCC1CCOCC1)NCC(C)(C)NS(C)(=O)=O.I. The molecule has 0 radical (unpaired) electrons. The number of hydrogen-bond donors (Lipinski definition) is 3. The van der Waals surface area contributed by atoms with Gasteiger partial charge >= 0.3 is 0 Å². The van der Waals surface area contributed by atoms with E-state index in [0.29, 0.717) is 25.0 Å². The van der Waals surface area contributed by atoms with Crippen LogP contribution in [-0.4, -0.2) is 72.7 Å². The van der Waals surface area contributed by atoms with Crippen LogP contribution in [-0.2, 0) is 19.5 Å². The maximum absolute atomic E-state index is 11.3. The summed E-state index contributed by atoms with van der Waals surface area (Å²) in [5.74, 6) is 1.27. The van der Waals surface area contributed by atoms with Crippen LogP contribution in [0.4, 0.5) is 0 Å². The van der Waals surface area contributed by atoms with Crippen molar-refractivity contribution in [3.8, 4) is 0 Å². The zero-order valence-corrected chi connectivity index (χ0v) is 19.5. The molecule has 1 heterocycles. The van der Waals surface area contributed by atoms with Gasteiger partial charge in [-0.15, -0.1) is 24.0 Å². The molecule has 0 aromatic rings. The van der Waals surface area contributed by atoms with Crippen LogP contribution in [0.25, 0.3) is 0 Å². The van der Waals surface area contributed by atoms with Gasteiger partial charge in [-0.05, 0) is 39.0 Å². The van der Waals surface area contributed by atoms with Crippen LogP contribution in [0.15, 0.2) is 4.99 Å². The molecule has 1 aliphatic rings. The van der Waals surface area contributed by atoms with Crippen molar-refractivity contribution >= 4 is 40.0 Å². The summed E-state index contributed by atoms with van der Waals surface area (Å²) < 4.78 is 36.3. The summed E-state index contributed by atoms with van der Waals surface area (Å²) in [7, 11) is -1.56. The average molecular weight is 506 g/mol. The summed E-state index contributed by atoms with van der Waals surface area (Å²) in [6.07, 6.45) is 4.22. The molecule has 0 aromatic carbocycles. The number of rotatable bonds is 10. The van der Waals surface area contributed by atoms with Crippen LogP contribution in [0, 0.1) is 5.92 Å². The van der Waals surface area contributed by atoms with Crippen LogP contribution in [0.5, 0.6) is 0 Å². The highest BCUT2D eigenvalue weighted by atomic mass is 127. The van der Waals surface area contributed by atoms with Crippen molar-refractivity contribution in [2.45, 2.75) is 38.6 Å². The zero-order valence-electron chi connectivity index (χ0n) is 16.3. The van der Waals surface area contributed by atoms with Crippen molar-refractivity contribution in [1.29, 1.82) is 0 Å². The molecule has 3 N–H and O–H groups in total. The number of halogens is 1. The van der Waals surface area contributed by atoms with Gasteiger partial charge in [-0.3, -0.25) is 4.99 Å². The first-order valence-electron chi connectivity index (χ1n) is 8.81. The molecule has 26 heavy (non-hydrogen) atoms. The monoisotopic (exact) mass is 506 g/mol. The quantitative estimate of drug-likeness (QED) is 0.177. The second-order valence-corrected chi connectivity index (χ2v) is 8.84. The van der Waals surface area contributed by atoms with Crippen LogP contribution in [0.3, 0.4) is 0 Å². The number of guanidine groups is 1. The van der Waals surface area contributed by atoms with Crippen molar-refractivity contribution in [3.63, 3.8) is 0 Å². The molecule has 0 atom stereocenters. The third kappa shape index (κ3) is 13.1. The largest absolute Gasteiger partial charge is 0.381 e. The first-order chi connectivity index (χ1) is 11.7. The van der Waals surface area contributed by atoms with Gasteiger partial charge in [-0.2, -0.15) is 0 Å².